The summed E-state index contributed by atoms with van der Waals surface area (Å²) >= 11 is 0. The molecule has 2 rings (SSSR count). The van der Waals surface area contributed by atoms with E-state index >= 15 is 0 Å². The number of carbonyl (C=O) groups excluding carboxylic acids is 1. The van der Waals surface area contributed by atoms with Crippen LogP contribution in [-0.2, 0) is 4.79 Å². The summed E-state index contributed by atoms with van der Waals surface area (Å²) in [5, 5.41) is 6.74. The van der Waals surface area contributed by atoms with Crippen molar-refractivity contribution in [2.75, 3.05) is 13.1 Å². The first kappa shape index (κ1) is 16.8. The first-order chi connectivity index (χ1) is 10.1. The molecule has 1 aliphatic carbocycles. The second kappa shape index (κ2) is 8.17. The fraction of sp³-hybridized carbons (Fsp3) is 0.944. The Kier molecular flexibility index (Phi) is 6.53. The number of hydrogen-bond acceptors (Lipinski definition) is 2. The highest BCUT2D eigenvalue weighted by Gasteiger charge is 2.26. The topological polar surface area (TPSA) is 41.1 Å². The average molecular weight is 294 g/mol. The van der Waals surface area contributed by atoms with E-state index in [0.717, 1.165) is 24.9 Å². The fourth-order valence-corrected chi connectivity index (χ4v) is 4.04. The molecule has 0 bridgehead atoms. The van der Waals surface area contributed by atoms with Crippen molar-refractivity contribution in [1.29, 1.82) is 0 Å². The van der Waals surface area contributed by atoms with Crippen LogP contribution in [0.25, 0.3) is 0 Å². The smallest absolute Gasteiger partial charge is 0.220 e. The zero-order chi connectivity index (χ0) is 15.2. The molecule has 2 atom stereocenters. The van der Waals surface area contributed by atoms with Gasteiger partial charge in [-0.05, 0) is 75.3 Å². The van der Waals surface area contributed by atoms with Gasteiger partial charge in [0.15, 0.2) is 0 Å². The molecule has 1 saturated heterocycles. The molecule has 1 amide bonds. The lowest BCUT2D eigenvalue weighted by Gasteiger charge is -2.32. The zero-order valence-corrected chi connectivity index (χ0v) is 14.2. The Bertz CT molecular complexity index is 315. The molecule has 3 heteroatoms. The largest absolute Gasteiger partial charge is 0.353 e. The molecule has 0 aromatic carbocycles. The Morgan fingerprint density at radius 2 is 1.81 bits per heavy atom. The van der Waals surface area contributed by atoms with Crippen molar-refractivity contribution in [1.82, 2.24) is 10.6 Å². The van der Waals surface area contributed by atoms with E-state index in [9.17, 15) is 4.79 Å². The predicted octanol–water partition coefficient (Wildman–Crippen LogP) is 3.34. The van der Waals surface area contributed by atoms with Gasteiger partial charge >= 0.3 is 0 Å². The Balaban J connectivity index is 1.67. The maximum atomic E-state index is 12.2. The molecule has 1 heterocycles. The van der Waals surface area contributed by atoms with Crippen molar-refractivity contribution in [2.45, 2.75) is 71.8 Å². The maximum absolute atomic E-state index is 12.2. The molecule has 0 aromatic heterocycles. The number of amides is 1. The molecule has 0 aromatic rings. The summed E-state index contributed by atoms with van der Waals surface area (Å²) in [6, 6.07) is 0.434. The summed E-state index contributed by atoms with van der Waals surface area (Å²) in [6.07, 6.45) is 8.16. The van der Waals surface area contributed by atoms with Crippen molar-refractivity contribution >= 4 is 5.91 Å². The molecule has 2 unspecified atom stereocenters. The third kappa shape index (κ3) is 5.28. The molecule has 0 radical (unpaired) electrons. The van der Waals surface area contributed by atoms with Crippen LogP contribution in [0.4, 0.5) is 0 Å². The van der Waals surface area contributed by atoms with Crippen molar-refractivity contribution in [3.8, 4) is 0 Å². The summed E-state index contributed by atoms with van der Waals surface area (Å²) in [4.78, 5) is 12.2. The number of nitrogens with one attached hydrogen (secondary N) is 2. The zero-order valence-electron chi connectivity index (χ0n) is 14.2. The molecule has 1 saturated carbocycles. The number of carbonyl (C=O) groups is 1. The van der Waals surface area contributed by atoms with Gasteiger partial charge in [-0.2, -0.15) is 0 Å². The first-order valence-electron chi connectivity index (χ1n) is 9.06. The van der Waals surface area contributed by atoms with Crippen LogP contribution in [0, 0.1) is 23.7 Å². The third-order valence-corrected chi connectivity index (χ3v) is 5.73. The van der Waals surface area contributed by atoms with E-state index in [2.05, 4.69) is 31.4 Å². The van der Waals surface area contributed by atoms with Gasteiger partial charge in [-0.1, -0.05) is 20.8 Å². The van der Waals surface area contributed by atoms with Crippen LogP contribution in [-0.4, -0.2) is 25.0 Å². The van der Waals surface area contributed by atoms with E-state index < -0.39 is 0 Å². The van der Waals surface area contributed by atoms with Crippen LogP contribution in [0.3, 0.4) is 0 Å². The van der Waals surface area contributed by atoms with Gasteiger partial charge in [0, 0.05) is 12.5 Å². The van der Waals surface area contributed by atoms with Crippen LogP contribution in [0.15, 0.2) is 0 Å². The molecule has 3 nitrogen and oxygen atoms in total. The Hall–Kier alpha value is -0.570. The van der Waals surface area contributed by atoms with Crippen molar-refractivity contribution in [3.63, 3.8) is 0 Å². The van der Waals surface area contributed by atoms with Gasteiger partial charge in [-0.15, -0.1) is 0 Å². The van der Waals surface area contributed by atoms with Gasteiger partial charge in [0.1, 0.15) is 0 Å². The van der Waals surface area contributed by atoms with Gasteiger partial charge < -0.3 is 10.6 Å². The minimum absolute atomic E-state index is 0.279. The van der Waals surface area contributed by atoms with Crippen LogP contribution in [0.1, 0.15) is 65.7 Å². The highest BCUT2D eigenvalue weighted by atomic mass is 16.1. The van der Waals surface area contributed by atoms with Crippen LogP contribution >= 0.6 is 0 Å². The fourth-order valence-electron chi connectivity index (χ4n) is 4.04. The number of rotatable bonds is 5. The second-order valence-corrected chi connectivity index (χ2v) is 7.71. The molecular formula is C18H34N2O. The Labute approximate surface area is 130 Å². The van der Waals surface area contributed by atoms with Crippen molar-refractivity contribution in [2.24, 2.45) is 23.7 Å². The van der Waals surface area contributed by atoms with Gasteiger partial charge in [0.25, 0.3) is 0 Å². The summed E-state index contributed by atoms with van der Waals surface area (Å²) in [5.74, 6) is 3.12. The summed E-state index contributed by atoms with van der Waals surface area (Å²) in [7, 11) is 0. The van der Waals surface area contributed by atoms with Gasteiger partial charge in [0.2, 0.25) is 5.91 Å². The van der Waals surface area contributed by atoms with E-state index in [4.69, 9.17) is 0 Å². The van der Waals surface area contributed by atoms with E-state index in [0.29, 0.717) is 24.3 Å². The first-order valence-corrected chi connectivity index (χ1v) is 9.06. The lowest BCUT2D eigenvalue weighted by Crippen LogP contribution is -2.40. The standard InChI is InChI=1S/C18H34N2O/c1-13(2)15-6-8-17(9-7-15)20-18(21)11-14(3)16-5-4-10-19-12-16/h13-17,19H,4-12H2,1-3H3,(H,20,21). The van der Waals surface area contributed by atoms with E-state index in [1.54, 1.807) is 0 Å². The Morgan fingerprint density at radius 1 is 1.10 bits per heavy atom. The molecule has 0 spiro atoms. The van der Waals surface area contributed by atoms with Gasteiger partial charge in [-0.25, -0.2) is 0 Å². The van der Waals surface area contributed by atoms with Crippen molar-refractivity contribution in [3.05, 3.63) is 0 Å². The molecular weight excluding hydrogens is 260 g/mol. The minimum Gasteiger partial charge on any atom is -0.353 e. The average Bonchev–Trinajstić information content (AvgIpc) is 2.48. The summed E-state index contributed by atoms with van der Waals surface area (Å²) in [5.41, 5.74) is 0. The predicted molar refractivity (Wildman–Crippen MR) is 88.1 cm³/mol. The van der Waals surface area contributed by atoms with E-state index in [1.807, 2.05) is 0 Å². The molecule has 2 aliphatic rings. The molecule has 2 N–H and O–H groups in total. The summed E-state index contributed by atoms with van der Waals surface area (Å²) in [6.45, 7) is 9.13. The Morgan fingerprint density at radius 3 is 2.38 bits per heavy atom. The molecule has 2 fully saturated rings. The highest BCUT2D eigenvalue weighted by molar-refractivity contribution is 5.76. The van der Waals surface area contributed by atoms with Crippen molar-refractivity contribution < 1.29 is 4.79 Å². The number of hydrogen-bond donors (Lipinski definition) is 2. The quantitative estimate of drug-likeness (QED) is 0.816. The normalized spacial score (nSPS) is 31.9. The lowest BCUT2D eigenvalue weighted by atomic mass is 9.79. The SMILES string of the molecule is CC(C)C1CCC(NC(=O)CC(C)C2CCCNC2)CC1. The van der Waals surface area contributed by atoms with Gasteiger partial charge in [-0.3, -0.25) is 4.79 Å². The second-order valence-electron chi connectivity index (χ2n) is 7.71. The highest BCUT2D eigenvalue weighted by Crippen LogP contribution is 2.30. The van der Waals surface area contributed by atoms with Gasteiger partial charge in [0.05, 0.1) is 0 Å². The molecule has 21 heavy (non-hydrogen) atoms. The maximum Gasteiger partial charge on any atom is 0.220 e. The minimum atomic E-state index is 0.279. The number of piperidine rings is 1. The van der Waals surface area contributed by atoms with Crippen LogP contribution in [0.5, 0.6) is 0 Å². The van der Waals surface area contributed by atoms with Crippen LogP contribution in [0.2, 0.25) is 0 Å². The lowest BCUT2D eigenvalue weighted by molar-refractivity contribution is -0.123. The molecule has 122 valence electrons. The monoisotopic (exact) mass is 294 g/mol. The van der Waals surface area contributed by atoms with Crippen LogP contribution < -0.4 is 10.6 Å². The molecule has 1 aliphatic heterocycles. The summed E-state index contributed by atoms with van der Waals surface area (Å²) < 4.78 is 0. The van der Waals surface area contributed by atoms with E-state index in [-0.39, 0.29) is 5.91 Å². The third-order valence-electron chi connectivity index (χ3n) is 5.73. The van der Waals surface area contributed by atoms with E-state index in [1.165, 1.54) is 38.5 Å².